The fraction of sp³-hybridized carbons (Fsp3) is 0.478. The summed E-state index contributed by atoms with van der Waals surface area (Å²) in [4.78, 5) is 24.9. The van der Waals surface area contributed by atoms with Crippen LogP contribution in [0.4, 0.5) is 0 Å². The molecule has 0 unspecified atom stereocenters. The monoisotopic (exact) mass is 367 g/mol. The van der Waals surface area contributed by atoms with Crippen molar-refractivity contribution in [1.82, 2.24) is 4.57 Å². The molecule has 1 aromatic carbocycles. The third-order valence-electron chi connectivity index (χ3n) is 5.51. The summed E-state index contributed by atoms with van der Waals surface area (Å²) in [5.74, 6) is -0.586. The second kappa shape index (κ2) is 8.12. The molecule has 0 spiro atoms. The number of rotatable bonds is 8. The highest BCUT2D eigenvalue weighted by Gasteiger charge is 2.25. The van der Waals surface area contributed by atoms with E-state index in [0.717, 1.165) is 37.7 Å². The van der Waals surface area contributed by atoms with Gasteiger partial charge in [0, 0.05) is 18.7 Å². The van der Waals surface area contributed by atoms with Gasteiger partial charge in [0.1, 0.15) is 0 Å². The Bertz CT molecular complexity index is 911. The number of benzene rings is 1. The van der Waals surface area contributed by atoms with Crippen LogP contribution in [0.3, 0.4) is 0 Å². The zero-order chi connectivity index (χ0) is 19.6. The van der Waals surface area contributed by atoms with Crippen LogP contribution in [0.25, 0.3) is 16.5 Å². The number of hydrogen-bond acceptors (Lipinski definition) is 3. The number of fused-ring (bicyclic) bond motifs is 1. The van der Waals surface area contributed by atoms with E-state index in [1.165, 1.54) is 35.5 Å². The Morgan fingerprint density at radius 1 is 1.07 bits per heavy atom. The molecule has 4 nitrogen and oxygen atoms in total. The molecular weight excluding hydrogens is 338 g/mol. The summed E-state index contributed by atoms with van der Waals surface area (Å²) in [5.41, 5.74) is 4.64. The molecule has 2 aromatic rings. The number of ketones is 1. The Morgan fingerprint density at radius 2 is 1.78 bits per heavy atom. The van der Waals surface area contributed by atoms with Crippen LogP contribution in [-0.2, 0) is 0 Å². The normalized spacial score (nSPS) is 13.2. The molecule has 3 rings (SSSR count). The first-order chi connectivity index (χ1) is 13.0. The lowest BCUT2D eigenvalue weighted by Gasteiger charge is -2.04. The number of Topliss-reactive ketones (excluding diaryl/α,β-unsaturated/α-hetero) is 1. The van der Waals surface area contributed by atoms with E-state index in [2.05, 4.69) is 13.8 Å². The minimum absolute atomic E-state index is 0.0807. The van der Waals surface area contributed by atoms with E-state index in [1.54, 1.807) is 0 Å². The Hall–Kier alpha value is -2.36. The van der Waals surface area contributed by atoms with Crippen LogP contribution in [0.5, 0.6) is 5.88 Å². The summed E-state index contributed by atoms with van der Waals surface area (Å²) in [6, 6.07) is 5.77. The van der Waals surface area contributed by atoms with E-state index >= 15 is 0 Å². The number of hydrogen-bond donors (Lipinski definition) is 1. The molecule has 144 valence electrons. The number of unbranched alkanes of at least 4 members (excludes halogenated alkanes) is 4. The van der Waals surface area contributed by atoms with Crippen LogP contribution in [0.15, 0.2) is 23.8 Å². The van der Waals surface area contributed by atoms with Gasteiger partial charge < -0.3 is 5.11 Å². The Kier molecular flexibility index (Phi) is 5.83. The molecule has 1 saturated carbocycles. The Labute approximate surface area is 160 Å². The van der Waals surface area contributed by atoms with Gasteiger partial charge in [-0.2, -0.15) is 0 Å². The second-order valence-corrected chi connectivity index (χ2v) is 7.60. The molecule has 1 heterocycles. The van der Waals surface area contributed by atoms with Crippen molar-refractivity contribution < 1.29 is 14.7 Å². The highest BCUT2D eigenvalue weighted by Crippen LogP contribution is 2.39. The molecule has 0 saturated heterocycles. The molecule has 1 N–H and O–H groups in total. The topological polar surface area (TPSA) is 59.3 Å². The lowest BCUT2D eigenvalue weighted by molar-refractivity contribution is 0.0932. The van der Waals surface area contributed by atoms with Crippen LogP contribution in [0.2, 0.25) is 0 Å². The van der Waals surface area contributed by atoms with Gasteiger partial charge in [0.25, 0.3) is 0 Å². The zero-order valence-electron chi connectivity index (χ0n) is 16.6. The molecule has 0 atom stereocenters. The summed E-state index contributed by atoms with van der Waals surface area (Å²) >= 11 is 0. The third-order valence-corrected chi connectivity index (χ3v) is 5.51. The van der Waals surface area contributed by atoms with Crippen molar-refractivity contribution in [3.63, 3.8) is 0 Å². The van der Waals surface area contributed by atoms with E-state index in [9.17, 15) is 14.7 Å². The number of aromatic nitrogens is 1. The summed E-state index contributed by atoms with van der Waals surface area (Å²) in [6.07, 6.45) is 7.97. The van der Waals surface area contributed by atoms with Crippen molar-refractivity contribution in [2.45, 2.75) is 72.1 Å². The van der Waals surface area contributed by atoms with Crippen molar-refractivity contribution >= 4 is 28.2 Å². The highest BCUT2D eigenvalue weighted by molar-refractivity contribution is 6.13. The van der Waals surface area contributed by atoms with Crippen molar-refractivity contribution in [3.8, 4) is 5.88 Å². The van der Waals surface area contributed by atoms with Crippen LogP contribution in [0, 0.1) is 0 Å². The summed E-state index contributed by atoms with van der Waals surface area (Å²) < 4.78 is 1.25. The van der Waals surface area contributed by atoms with E-state index in [-0.39, 0.29) is 17.6 Å². The average molecular weight is 367 g/mol. The number of allylic oxidation sites excluding steroid dienone is 2. The first kappa shape index (κ1) is 19.4. The molecule has 1 fully saturated rings. The van der Waals surface area contributed by atoms with Gasteiger partial charge in [-0.25, -0.2) is 0 Å². The third kappa shape index (κ3) is 4.00. The van der Waals surface area contributed by atoms with Gasteiger partial charge in [-0.1, -0.05) is 44.2 Å². The number of carbonyl (C=O) groups excluding carboxylic acids is 2. The average Bonchev–Trinajstić information content (AvgIpc) is 3.43. The maximum atomic E-state index is 12.9. The molecule has 0 aliphatic heterocycles. The minimum Gasteiger partial charge on any atom is -0.494 e. The highest BCUT2D eigenvalue weighted by atomic mass is 16.3. The predicted molar refractivity (Wildman–Crippen MR) is 109 cm³/mol. The van der Waals surface area contributed by atoms with Crippen molar-refractivity contribution in [3.05, 3.63) is 34.9 Å². The number of nitrogens with zero attached hydrogens (tertiary/aromatic N) is 1. The lowest BCUT2D eigenvalue weighted by Crippen LogP contribution is -2.05. The first-order valence-corrected chi connectivity index (χ1v) is 10.1. The van der Waals surface area contributed by atoms with Gasteiger partial charge in [0.15, 0.2) is 5.78 Å². The minimum atomic E-state index is -0.287. The molecular formula is C23H29NO3. The quantitative estimate of drug-likeness (QED) is 0.452. The summed E-state index contributed by atoms with van der Waals surface area (Å²) in [7, 11) is 0. The maximum absolute atomic E-state index is 12.9. The molecule has 0 amide bonds. The lowest BCUT2D eigenvalue weighted by atomic mass is 9.99. The van der Waals surface area contributed by atoms with Crippen molar-refractivity contribution in [2.75, 3.05) is 0 Å². The van der Waals surface area contributed by atoms with Crippen LogP contribution < -0.4 is 0 Å². The SMILES string of the molecule is CCCCCCCC(=O)c1c(O)n(C(C)=O)c2ccc(C(C)=C3CC3)cc12. The Balaban J connectivity index is 1.97. The molecule has 1 aromatic heterocycles. The van der Waals surface area contributed by atoms with Crippen LogP contribution in [-0.4, -0.2) is 21.4 Å². The molecule has 27 heavy (non-hydrogen) atoms. The van der Waals surface area contributed by atoms with E-state index in [0.29, 0.717) is 22.9 Å². The van der Waals surface area contributed by atoms with Crippen molar-refractivity contribution in [1.29, 1.82) is 0 Å². The molecule has 1 aliphatic rings. The first-order valence-electron chi connectivity index (χ1n) is 10.1. The van der Waals surface area contributed by atoms with E-state index in [1.807, 2.05) is 18.2 Å². The standard InChI is InChI=1S/C23H29NO3/c1-4-5-6-7-8-9-21(26)22-19-14-18(15(2)17-10-11-17)12-13-20(19)24(16(3)25)23(22)27/h12-14,27H,4-11H2,1-3H3. The largest absolute Gasteiger partial charge is 0.494 e. The smallest absolute Gasteiger partial charge is 0.230 e. The fourth-order valence-corrected chi connectivity index (χ4v) is 3.76. The van der Waals surface area contributed by atoms with Crippen molar-refractivity contribution in [2.24, 2.45) is 0 Å². The maximum Gasteiger partial charge on any atom is 0.230 e. The van der Waals surface area contributed by atoms with Gasteiger partial charge in [-0.3, -0.25) is 14.2 Å². The van der Waals surface area contributed by atoms with Gasteiger partial charge >= 0.3 is 0 Å². The molecule has 0 radical (unpaired) electrons. The Morgan fingerprint density at radius 3 is 2.41 bits per heavy atom. The molecule has 0 bridgehead atoms. The van der Waals surface area contributed by atoms with Gasteiger partial charge in [0.2, 0.25) is 11.8 Å². The summed E-state index contributed by atoms with van der Waals surface area (Å²) in [6.45, 7) is 5.67. The number of carbonyl (C=O) groups is 2. The second-order valence-electron chi connectivity index (χ2n) is 7.60. The van der Waals surface area contributed by atoms with E-state index in [4.69, 9.17) is 0 Å². The van der Waals surface area contributed by atoms with E-state index < -0.39 is 0 Å². The zero-order valence-corrected chi connectivity index (χ0v) is 16.6. The van der Waals surface area contributed by atoms with Gasteiger partial charge in [0.05, 0.1) is 11.1 Å². The predicted octanol–water partition coefficient (Wildman–Crippen LogP) is 6.12. The molecule has 4 heteroatoms. The fourth-order valence-electron chi connectivity index (χ4n) is 3.76. The van der Waals surface area contributed by atoms with Crippen LogP contribution >= 0.6 is 0 Å². The van der Waals surface area contributed by atoms with Crippen LogP contribution in [0.1, 0.15) is 92.9 Å². The summed E-state index contributed by atoms with van der Waals surface area (Å²) in [5, 5.41) is 11.3. The molecule has 1 aliphatic carbocycles. The number of aromatic hydroxyl groups is 1. The van der Waals surface area contributed by atoms with Gasteiger partial charge in [-0.05, 0) is 49.5 Å². The van der Waals surface area contributed by atoms with Gasteiger partial charge in [-0.15, -0.1) is 0 Å².